The Labute approximate surface area is 61.6 Å². The zero-order valence-corrected chi connectivity index (χ0v) is 6.22. The quantitative estimate of drug-likeness (QED) is 0.506. The van der Waals surface area contributed by atoms with E-state index in [4.69, 9.17) is 6.42 Å². The Balaban J connectivity index is 2.56. The van der Waals surface area contributed by atoms with Gasteiger partial charge in [-0.3, -0.25) is 0 Å². The van der Waals surface area contributed by atoms with Crippen molar-refractivity contribution in [3.63, 3.8) is 0 Å². The molecule has 1 unspecified atom stereocenters. The molecule has 0 saturated carbocycles. The maximum atomic E-state index is 9.52. The smallest absolute Gasteiger partial charge is 0.137 e. The zero-order valence-electron chi connectivity index (χ0n) is 6.22. The molecule has 56 valence electrons. The lowest BCUT2D eigenvalue weighted by atomic mass is 9.96. The molecule has 0 aromatic rings. The first-order chi connectivity index (χ1) is 4.67. The van der Waals surface area contributed by atoms with Crippen molar-refractivity contribution in [3.05, 3.63) is 0 Å². The van der Waals surface area contributed by atoms with Crippen LogP contribution in [0.25, 0.3) is 0 Å². The van der Waals surface area contributed by atoms with Gasteiger partial charge in [-0.15, -0.1) is 6.42 Å². The molecule has 1 fully saturated rings. The number of hydrogen-bond donors (Lipinski definition) is 2. The van der Waals surface area contributed by atoms with E-state index < -0.39 is 5.60 Å². The number of terminal acetylenes is 1. The van der Waals surface area contributed by atoms with E-state index in [1.54, 1.807) is 6.92 Å². The van der Waals surface area contributed by atoms with Crippen LogP contribution in [-0.4, -0.2) is 23.3 Å². The minimum Gasteiger partial charge on any atom is -0.376 e. The van der Waals surface area contributed by atoms with E-state index in [-0.39, 0.29) is 6.04 Å². The third kappa shape index (κ3) is 1.31. The van der Waals surface area contributed by atoms with E-state index in [1.807, 2.05) is 0 Å². The van der Waals surface area contributed by atoms with Crippen LogP contribution < -0.4 is 5.32 Å². The fourth-order valence-electron chi connectivity index (χ4n) is 1.26. The monoisotopic (exact) mass is 139 g/mol. The lowest BCUT2D eigenvalue weighted by Gasteiger charge is -2.23. The molecule has 1 heterocycles. The topological polar surface area (TPSA) is 32.3 Å². The maximum Gasteiger partial charge on any atom is 0.137 e. The number of rotatable bonds is 1. The fourth-order valence-corrected chi connectivity index (χ4v) is 1.26. The average Bonchev–Trinajstić information content (AvgIpc) is 2.38. The van der Waals surface area contributed by atoms with E-state index >= 15 is 0 Å². The first-order valence-electron chi connectivity index (χ1n) is 3.60. The predicted molar refractivity (Wildman–Crippen MR) is 40.5 cm³/mol. The molecule has 0 bridgehead atoms. The predicted octanol–water partition coefficient (Wildman–Crippen LogP) is 0.123. The summed E-state index contributed by atoms with van der Waals surface area (Å²) in [5.41, 5.74) is -0.962. The molecule has 10 heavy (non-hydrogen) atoms. The van der Waals surface area contributed by atoms with Crippen LogP contribution in [-0.2, 0) is 0 Å². The molecule has 1 aliphatic heterocycles. The summed E-state index contributed by atoms with van der Waals surface area (Å²) in [5.74, 6) is 2.38. The molecule has 0 amide bonds. The van der Waals surface area contributed by atoms with Crippen LogP contribution in [0.4, 0.5) is 0 Å². The van der Waals surface area contributed by atoms with Crippen LogP contribution in [0, 0.1) is 12.3 Å². The van der Waals surface area contributed by atoms with Crippen LogP contribution in [0.3, 0.4) is 0 Å². The molecular formula is C8H13NO. The molecule has 1 rings (SSSR count). The van der Waals surface area contributed by atoms with E-state index in [9.17, 15) is 5.11 Å². The summed E-state index contributed by atoms with van der Waals surface area (Å²) in [6.07, 6.45) is 7.24. The van der Waals surface area contributed by atoms with Gasteiger partial charge in [-0.25, -0.2) is 0 Å². The van der Waals surface area contributed by atoms with E-state index in [2.05, 4.69) is 11.2 Å². The summed E-state index contributed by atoms with van der Waals surface area (Å²) >= 11 is 0. The summed E-state index contributed by atoms with van der Waals surface area (Å²) in [7, 11) is 0. The molecule has 1 saturated heterocycles. The number of hydrogen-bond acceptors (Lipinski definition) is 2. The Morgan fingerprint density at radius 2 is 2.50 bits per heavy atom. The molecule has 0 aromatic carbocycles. The molecule has 2 atom stereocenters. The Kier molecular flexibility index (Phi) is 1.98. The Bertz CT molecular complexity index is 151. The summed E-state index contributed by atoms with van der Waals surface area (Å²) in [4.78, 5) is 0. The summed E-state index contributed by atoms with van der Waals surface area (Å²) in [6, 6.07) is 0.0949. The molecule has 2 N–H and O–H groups in total. The van der Waals surface area contributed by atoms with Crippen molar-refractivity contribution >= 4 is 0 Å². The van der Waals surface area contributed by atoms with Crippen LogP contribution in [0.15, 0.2) is 0 Å². The van der Waals surface area contributed by atoms with Crippen molar-refractivity contribution in [3.8, 4) is 12.3 Å². The van der Waals surface area contributed by atoms with Gasteiger partial charge in [0, 0.05) is 6.04 Å². The Hall–Kier alpha value is -0.520. The molecule has 2 heteroatoms. The highest BCUT2D eigenvalue weighted by Crippen LogP contribution is 2.17. The van der Waals surface area contributed by atoms with Crippen LogP contribution in [0.1, 0.15) is 19.8 Å². The third-order valence-electron chi connectivity index (χ3n) is 2.03. The van der Waals surface area contributed by atoms with Crippen LogP contribution >= 0.6 is 0 Å². The Morgan fingerprint density at radius 1 is 1.80 bits per heavy atom. The van der Waals surface area contributed by atoms with Gasteiger partial charge >= 0.3 is 0 Å². The second kappa shape index (κ2) is 2.61. The second-order valence-electron chi connectivity index (χ2n) is 2.94. The highest BCUT2D eigenvalue weighted by Gasteiger charge is 2.31. The number of aliphatic hydroxyl groups is 1. The highest BCUT2D eigenvalue weighted by atomic mass is 16.3. The normalized spacial score (nSPS) is 31.1. The molecule has 1 aliphatic rings. The van der Waals surface area contributed by atoms with Gasteiger partial charge in [0.05, 0.1) is 0 Å². The zero-order chi connectivity index (χ0) is 7.61. The SMILES string of the molecule is C#CC(C)(O)[C@@H]1CCCN1. The van der Waals surface area contributed by atoms with Crippen LogP contribution in [0.5, 0.6) is 0 Å². The van der Waals surface area contributed by atoms with Gasteiger partial charge in [-0.05, 0) is 26.3 Å². The molecular weight excluding hydrogens is 126 g/mol. The van der Waals surface area contributed by atoms with Gasteiger partial charge < -0.3 is 10.4 Å². The molecule has 0 radical (unpaired) electrons. The minimum atomic E-state index is -0.962. The second-order valence-corrected chi connectivity index (χ2v) is 2.94. The van der Waals surface area contributed by atoms with E-state index in [0.717, 1.165) is 19.4 Å². The van der Waals surface area contributed by atoms with Crippen LogP contribution in [0.2, 0.25) is 0 Å². The van der Waals surface area contributed by atoms with Crippen molar-refractivity contribution in [2.45, 2.75) is 31.4 Å². The maximum absolute atomic E-state index is 9.52. The number of nitrogens with one attached hydrogen (secondary N) is 1. The van der Waals surface area contributed by atoms with Gasteiger partial charge in [0.25, 0.3) is 0 Å². The highest BCUT2D eigenvalue weighted by molar-refractivity contribution is 5.11. The summed E-state index contributed by atoms with van der Waals surface area (Å²) in [6.45, 7) is 2.65. The van der Waals surface area contributed by atoms with Gasteiger partial charge in [-0.1, -0.05) is 5.92 Å². The van der Waals surface area contributed by atoms with Gasteiger partial charge in [0.1, 0.15) is 5.60 Å². The van der Waals surface area contributed by atoms with Gasteiger partial charge in [0.2, 0.25) is 0 Å². The van der Waals surface area contributed by atoms with E-state index in [0.29, 0.717) is 0 Å². The first kappa shape index (κ1) is 7.59. The lowest BCUT2D eigenvalue weighted by Crippen LogP contribution is -2.43. The third-order valence-corrected chi connectivity index (χ3v) is 2.03. The average molecular weight is 139 g/mol. The largest absolute Gasteiger partial charge is 0.376 e. The standard InChI is InChI=1S/C8H13NO/c1-3-8(2,10)7-5-4-6-9-7/h1,7,9-10H,4-6H2,2H3/t7-,8?/m0/s1. The van der Waals surface area contributed by atoms with Gasteiger partial charge in [0.15, 0.2) is 0 Å². The fraction of sp³-hybridized carbons (Fsp3) is 0.750. The Morgan fingerprint density at radius 3 is 2.90 bits per heavy atom. The molecule has 0 spiro atoms. The van der Waals surface area contributed by atoms with Crippen molar-refractivity contribution in [2.75, 3.05) is 6.54 Å². The molecule has 2 nitrogen and oxygen atoms in total. The van der Waals surface area contributed by atoms with Gasteiger partial charge in [-0.2, -0.15) is 0 Å². The van der Waals surface area contributed by atoms with Crippen molar-refractivity contribution in [2.24, 2.45) is 0 Å². The molecule has 0 aliphatic carbocycles. The van der Waals surface area contributed by atoms with E-state index in [1.165, 1.54) is 0 Å². The molecule has 0 aromatic heterocycles. The lowest BCUT2D eigenvalue weighted by molar-refractivity contribution is 0.0844. The summed E-state index contributed by atoms with van der Waals surface area (Å²) < 4.78 is 0. The van der Waals surface area contributed by atoms with Crippen molar-refractivity contribution < 1.29 is 5.11 Å². The van der Waals surface area contributed by atoms with Crippen molar-refractivity contribution in [1.29, 1.82) is 0 Å². The van der Waals surface area contributed by atoms with Crippen molar-refractivity contribution in [1.82, 2.24) is 5.32 Å². The minimum absolute atomic E-state index is 0.0949. The summed E-state index contributed by atoms with van der Waals surface area (Å²) in [5, 5.41) is 12.7. The first-order valence-corrected chi connectivity index (χ1v) is 3.60.